The van der Waals surface area contributed by atoms with E-state index < -0.39 is 0 Å². The molecule has 0 radical (unpaired) electrons. The molecule has 0 spiro atoms. The number of hydrogen-bond acceptors (Lipinski definition) is 3. The van der Waals surface area contributed by atoms with E-state index in [1.54, 1.807) is 6.07 Å². The summed E-state index contributed by atoms with van der Waals surface area (Å²) in [5.74, 6) is 0.524. The second-order valence-electron chi connectivity index (χ2n) is 4.54. The Labute approximate surface area is 113 Å². The lowest BCUT2D eigenvalue weighted by Gasteiger charge is -2.16. The van der Waals surface area contributed by atoms with Crippen LogP contribution in [0.2, 0.25) is 0 Å². The molecule has 0 bridgehead atoms. The Morgan fingerprint density at radius 1 is 1.11 bits per heavy atom. The molecule has 2 aromatic rings. The molecule has 0 saturated heterocycles. The number of para-hydroxylation sites is 1. The highest BCUT2D eigenvalue weighted by Crippen LogP contribution is 2.18. The molecule has 19 heavy (non-hydrogen) atoms. The second-order valence-corrected chi connectivity index (χ2v) is 4.54. The van der Waals surface area contributed by atoms with Crippen LogP contribution < -0.4 is 10.2 Å². The molecule has 4 heteroatoms. The summed E-state index contributed by atoms with van der Waals surface area (Å²) in [6.45, 7) is 1.91. The average molecular weight is 255 g/mol. The van der Waals surface area contributed by atoms with Crippen LogP contribution in [-0.2, 0) is 0 Å². The van der Waals surface area contributed by atoms with Gasteiger partial charge in [0, 0.05) is 25.5 Å². The van der Waals surface area contributed by atoms with Gasteiger partial charge in [0.15, 0.2) is 0 Å². The maximum Gasteiger partial charge on any atom is 0.259 e. The number of amides is 1. The van der Waals surface area contributed by atoms with E-state index in [0.29, 0.717) is 11.4 Å². The Morgan fingerprint density at radius 3 is 2.42 bits per heavy atom. The van der Waals surface area contributed by atoms with Crippen LogP contribution in [-0.4, -0.2) is 25.0 Å². The minimum Gasteiger partial charge on any atom is -0.362 e. The first-order valence-electron chi connectivity index (χ1n) is 6.09. The van der Waals surface area contributed by atoms with Crippen LogP contribution in [0, 0.1) is 6.92 Å². The smallest absolute Gasteiger partial charge is 0.259 e. The number of aromatic nitrogens is 1. The monoisotopic (exact) mass is 255 g/mol. The van der Waals surface area contributed by atoms with Gasteiger partial charge in [-0.15, -0.1) is 0 Å². The summed E-state index contributed by atoms with van der Waals surface area (Å²) in [7, 11) is 3.75. The summed E-state index contributed by atoms with van der Waals surface area (Å²) in [5.41, 5.74) is 2.23. The van der Waals surface area contributed by atoms with E-state index in [9.17, 15) is 4.79 Å². The van der Waals surface area contributed by atoms with Crippen molar-refractivity contribution in [1.82, 2.24) is 4.98 Å². The minimum atomic E-state index is -0.151. The first-order valence-corrected chi connectivity index (χ1v) is 6.09. The third-order valence-corrected chi connectivity index (χ3v) is 2.71. The topological polar surface area (TPSA) is 45.2 Å². The molecule has 1 aromatic heterocycles. The van der Waals surface area contributed by atoms with Gasteiger partial charge in [-0.2, -0.15) is 0 Å². The van der Waals surface area contributed by atoms with Gasteiger partial charge in [0.25, 0.3) is 5.91 Å². The van der Waals surface area contributed by atoms with Crippen molar-refractivity contribution in [3.63, 3.8) is 0 Å². The fraction of sp³-hybridized carbons (Fsp3) is 0.200. The number of rotatable bonds is 3. The summed E-state index contributed by atoms with van der Waals surface area (Å²) in [5, 5.41) is 2.87. The van der Waals surface area contributed by atoms with Crippen LogP contribution in [0.4, 0.5) is 11.5 Å². The van der Waals surface area contributed by atoms with Gasteiger partial charge in [0.05, 0.1) is 5.56 Å². The van der Waals surface area contributed by atoms with Crippen molar-refractivity contribution in [2.45, 2.75) is 6.92 Å². The third-order valence-electron chi connectivity index (χ3n) is 2.71. The van der Waals surface area contributed by atoms with Crippen molar-refractivity contribution in [3.8, 4) is 0 Å². The lowest BCUT2D eigenvalue weighted by molar-refractivity contribution is 0.102. The van der Waals surface area contributed by atoms with Crippen molar-refractivity contribution in [2.75, 3.05) is 24.3 Å². The minimum absolute atomic E-state index is 0.151. The molecule has 1 N–H and O–H groups in total. The van der Waals surface area contributed by atoms with E-state index in [4.69, 9.17) is 0 Å². The van der Waals surface area contributed by atoms with Crippen molar-refractivity contribution >= 4 is 17.4 Å². The first-order chi connectivity index (χ1) is 9.08. The van der Waals surface area contributed by atoms with Crippen LogP contribution in [0.5, 0.6) is 0 Å². The highest BCUT2D eigenvalue weighted by Gasteiger charge is 2.14. The average Bonchev–Trinajstić information content (AvgIpc) is 2.39. The molecular formula is C15H17N3O. The van der Waals surface area contributed by atoms with E-state index >= 15 is 0 Å². The SMILES string of the molecule is Cc1ccc(C(=O)Nc2ccccc2)c(N(C)C)n1. The Bertz CT molecular complexity index is 579. The van der Waals surface area contributed by atoms with Crippen LogP contribution in [0.25, 0.3) is 0 Å². The first kappa shape index (κ1) is 13.1. The van der Waals surface area contributed by atoms with Gasteiger partial charge in [-0.3, -0.25) is 4.79 Å². The lowest BCUT2D eigenvalue weighted by atomic mass is 10.2. The van der Waals surface area contributed by atoms with E-state index in [2.05, 4.69) is 10.3 Å². The second kappa shape index (κ2) is 5.52. The maximum absolute atomic E-state index is 12.3. The standard InChI is InChI=1S/C15H17N3O/c1-11-9-10-13(14(16-11)18(2)3)15(19)17-12-7-5-4-6-8-12/h4-10H,1-3H3,(H,17,19). The summed E-state index contributed by atoms with van der Waals surface area (Å²) >= 11 is 0. The van der Waals surface area contributed by atoms with Crippen molar-refractivity contribution in [2.24, 2.45) is 0 Å². The van der Waals surface area contributed by atoms with Gasteiger partial charge < -0.3 is 10.2 Å². The maximum atomic E-state index is 12.3. The summed E-state index contributed by atoms with van der Waals surface area (Å²) in [6, 6.07) is 13.0. The number of benzene rings is 1. The fourth-order valence-corrected chi connectivity index (χ4v) is 1.78. The highest BCUT2D eigenvalue weighted by molar-refractivity contribution is 6.07. The largest absolute Gasteiger partial charge is 0.362 e. The number of pyridine rings is 1. The molecule has 2 rings (SSSR count). The molecule has 0 aliphatic heterocycles. The zero-order valence-electron chi connectivity index (χ0n) is 11.3. The van der Waals surface area contributed by atoms with Crippen LogP contribution in [0.15, 0.2) is 42.5 Å². The third kappa shape index (κ3) is 3.10. The molecule has 0 aliphatic carbocycles. The molecule has 98 valence electrons. The van der Waals surface area contributed by atoms with E-state index in [1.807, 2.05) is 62.3 Å². The molecule has 4 nitrogen and oxygen atoms in total. The molecule has 1 aromatic carbocycles. The number of carbonyl (C=O) groups is 1. The predicted molar refractivity (Wildman–Crippen MR) is 77.7 cm³/mol. The molecule has 1 heterocycles. The van der Waals surface area contributed by atoms with E-state index in [1.165, 1.54) is 0 Å². The summed E-state index contributed by atoms with van der Waals surface area (Å²) in [4.78, 5) is 18.5. The van der Waals surface area contributed by atoms with Gasteiger partial charge in [0.1, 0.15) is 5.82 Å². The van der Waals surface area contributed by atoms with Gasteiger partial charge in [-0.1, -0.05) is 18.2 Å². The number of anilines is 2. The number of nitrogens with zero attached hydrogens (tertiary/aromatic N) is 2. The van der Waals surface area contributed by atoms with E-state index in [-0.39, 0.29) is 5.91 Å². The molecule has 1 amide bonds. The number of nitrogens with one attached hydrogen (secondary N) is 1. The van der Waals surface area contributed by atoms with Crippen LogP contribution in [0.1, 0.15) is 16.1 Å². The van der Waals surface area contributed by atoms with E-state index in [0.717, 1.165) is 11.4 Å². The number of hydrogen-bond donors (Lipinski definition) is 1. The molecule has 0 atom stereocenters. The molecule has 0 aliphatic rings. The molecular weight excluding hydrogens is 238 g/mol. The van der Waals surface area contributed by atoms with Crippen molar-refractivity contribution < 1.29 is 4.79 Å². The van der Waals surface area contributed by atoms with Crippen LogP contribution in [0.3, 0.4) is 0 Å². The van der Waals surface area contributed by atoms with Gasteiger partial charge in [-0.25, -0.2) is 4.98 Å². The Morgan fingerprint density at radius 2 is 1.79 bits per heavy atom. The van der Waals surface area contributed by atoms with Gasteiger partial charge in [0.2, 0.25) is 0 Å². The Kier molecular flexibility index (Phi) is 3.80. The summed E-state index contributed by atoms with van der Waals surface area (Å²) < 4.78 is 0. The predicted octanol–water partition coefficient (Wildman–Crippen LogP) is 2.71. The van der Waals surface area contributed by atoms with Gasteiger partial charge >= 0.3 is 0 Å². The normalized spacial score (nSPS) is 10.1. The van der Waals surface area contributed by atoms with Gasteiger partial charge in [-0.05, 0) is 31.2 Å². The Balaban J connectivity index is 2.29. The quantitative estimate of drug-likeness (QED) is 0.917. The number of carbonyl (C=O) groups excluding carboxylic acids is 1. The Hall–Kier alpha value is -2.36. The zero-order valence-corrected chi connectivity index (χ0v) is 11.3. The van der Waals surface area contributed by atoms with Crippen LogP contribution >= 0.6 is 0 Å². The highest BCUT2D eigenvalue weighted by atomic mass is 16.1. The van der Waals surface area contributed by atoms with Crippen molar-refractivity contribution in [3.05, 3.63) is 53.7 Å². The lowest BCUT2D eigenvalue weighted by Crippen LogP contribution is -2.20. The fourth-order valence-electron chi connectivity index (χ4n) is 1.78. The van der Waals surface area contributed by atoms with Crippen molar-refractivity contribution in [1.29, 1.82) is 0 Å². The zero-order chi connectivity index (χ0) is 13.8. The molecule has 0 fully saturated rings. The number of aryl methyl sites for hydroxylation is 1. The molecule has 0 unspecified atom stereocenters. The molecule has 0 saturated carbocycles. The summed E-state index contributed by atoms with van der Waals surface area (Å²) in [6.07, 6.45) is 0.